The van der Waals surface area contributed by atoms with E-state index in [0.29, 0.717) is 17.6 Å². The summed E-state index contributed by atoms with van der Waals surface area (Å²) in [6.45, 7) is 16.7. The molecule has 610 valence electrons. The number of unbranched alkanes of at least 4 members (excludes halogenated alkanes) is 1. The van der Waals surface area contributed by atoms with Gasteiger partial charge >= 0.3 is 6.09 Å². The van der Waals surface area contributed by atoms with Gasteiger partial charge in [0.2, 0.25) is 53.2 Å². The number of ether oxygens (including phenoxy) is 1. The summed E-state index contributed by atoms with van der Waals surface area (Å²) in [5.74, 6) is -10.8. The Morgan fingerprint density at radius 1 is 0.596 bits per heavy atom. The van der Waals surface area contributed by atoms with Crippen molar-refractivity contribution in [2.75, 3.05) is 18.1 Å². The summed E-state index contributed by atoms with van der Waals surface area (Å²) in [5, 5.41) is 47.1. The molecule has 0 saturated carbocycles. The number of thioether (sulfide) groups is 1. The number of carbonyl (C=O) groups excluding carboxylic acids is 11. The maximum Gasteiger partial charge on any atom is 0.408 e. The topological polar surface area (TPSA) is 398 Å². The number of ketones is 1. The van der Waals surface area contributed by atoms with Crippen molar-refractivity contribution < 1.29 is 67.7 Å². The summed E-state index contributed by atoms with van der Waals surface area (Å²) in [4.78, 5) is 161. The van der Waals surface area contributed by atoms with Crippen LogP contribution in [0.4, 0.5) is 4.79 Å². The second-order valence-electron chi connectivity index (χ2n) is 31.1. The third kappa shape index (κ3) is 25.5. The van der Waals surface area contributed by atoms with Gasteiger partial charge in [0.15, 0.2) is 5.78 Å². The molecular formula is C86H109N11O14S3. The van der Waals surface area contributed by atoms with E-state index < -0.39 is 165 Å². The lowest BCUT2D eigenvalue weighted by Crippen LogP contribution is -2.63. The zero-order chi connectivity index (χ0) is 83.0. The minimum Gasteiger partial charge on any atom is -0.508 e. The number of carbonyl (C=O) groups is 11. The average molecular weight is 1620 g/mol. The zero-order valence-electron chi connectivity index (χ0n) is 66.2. The smallest absolute Gasteiger partial charge is 0.408 e. The van der Waals surface area contributed by atoms with E-state index in [9.17, 15) is 34.2 Å². The fraction of sp³-hybridized carbons (Fsp3) is 0.430. The molecule has 6 aromatic carbocycles. The quantitative estimate of drug-likeness (QED) is 0.0121. The number of fused-ring (bicyclic) bond motifs is 1. The molecule has 0 spiro atoms. The van der Waals surface area contributed by atoms with Gasteiger partial charge in [-0.25, -0.2) is 4.79 Å². The molecule has 2 aliphatic rings. The molecule has 0 radical (unpaired) electrons. The Bertz CT molecular complexity index is 4230. The molecule has 25 nitrogen and oxygen atoms in total. The monoisotopic (exact) mass is 1620 g/mol. The van der Waals surface area contributed by atoms with E-state index in [2.05, 4.69) is 47.9 Å². The van der Waals surface area contributed by atoms with E-state index in [4.69, 9.17) is 16.2 Å². The Morgan fingerprint density at radius 3 is 1.71 bits per heavy atom. The summed E-state index contributed by atoms with van der Waals surface area (Å²) in [7, 11) is 2.02. The van der Waals surface area contributed by atoms with Crippen molar-refractivity contribution >= 4 is 104 Å². The lowest BCUT2D eigenvalue weighted by atomic mass is 9.84. The molecule has 0 bridgehead atoms. The number of phenolic OH excluding ortho intramolecular Hbond substituents is 1. The fourth-order valence-electron chi connectivity index (χ4n) is 13.7. The number of primary amides is 1. The largest absolute Gasteiger partial charge is 0.508 e. The molecule has 1 fully saturated rings. The van der Waals surface area contributed by atoms with Gasteiger partial charge in [-0.1, -0.05) is 213 Å². The van der Waals surface area contributed by atoms with Crippen LogP contribution in [-0.2, 0) is 76.7 Å². The first-order chi connectivity index (χ1) is 54.1. The van der Waals surface area contributed by atoms with E-state index in [1.54, 1.807) is 98.7 Å². The molecule has 1 aliphatic carbocycles. The van der Waals surface area contributed by atoms with Crippen LogP contribution in [0.15, 0.2) is 176 Å². The van der Waals surface area contributed by atoms with Gasteiger partial charge in [-0.2, -0.15) is 0 Å². The first kappa shape index (κ1) is 89.5. The summed E-state index contributed by atoms with van der Waals surface area (Å²) < 4.78 is 3.05. The second-order valence-corrected chi connectivity index (χ2v) is 35.5. The van der Waals surface area contributed by atoms with E-state index in [-0.39, 0.29) is 62.3 Å². The summed E-state index contributed by atoms with van der Waals surface area (Å²) >= 11 is 1.37. The van der Waals surface area contributed by atoms with Gasteiger partial charge in [0.05, 0.1) is 22.9 Å². The highest BCUT2D eigenvalue weighted by atomic mass is 33.1. The van der Waals surface area contributed by atoms with Gasteiger partial charge in [0.25, 0.3) is 0 Å². The number of aliphatic hydroxyl groups excluding tert-OH is 1. The normalized spacial score (nSPS) is 19.6. The number of aliphatic hydroxyl groups is 1. The number of nitrogens with two attached hydrogens (primary N) is 2. The Morgan fingerprint density at radius 2 is 1.14 bits per heavy atom. The minimum absolute atomic E-state index is 0.0126. The fourth-order valence-corrected chi connectivity index (χ4v) is 17.9. The van der Waals surface area contributed by atoms with E-state index in [1.165, 1.54) is 30.8 Å². The van der Waals surface area contributed by atoms with Gasteiger partial charge in [0, 0.05) is 41.6 Å². The number of hydrogen-bond acceptors (Lipinski definition) is 18. The number of phenols is 1. The molecule has 1 heterocycles. The molecule has 1 aliphatic heterocycles. The number of rotatable bonds is 29. The predicted octanol–water partition coefficient (Wildman–Crippen LogP) is 7.76. The van der Waals surface area contributed by atoms with Crippen LogP contribution < -0.4 is 59.3 Å². The van der Waals surface area contributed by atoms with Gasteiger partial charge in [-0.05, 0) is 149 Å². The number of alkyl carbamates (subject to hydrolysis) is 1. The predicted molar refractivity (Wildman–Crippen MR) is 446 cm³/mol. The van der Waals surface area contributed by atoms with Crippen molar-refractivity contribution in [1.29, 1.82) is 0 Å². The highest BCUT2D eigenvalue weighted by Crippen LogP contribution is 2.54. The standard InChI is InChI=1S/C86H109N11O14S3/c1-51(2)70(94-81(108)71(52(3)4)96-83(110)111-84(6,7)8)80(107)89-44-26-25-37-65-77(104)95-72(53(5)98)82(109)93-68(79(106)97-73(74(88)101)85(9,10)114-86(59-30-17-12-18-31-59,60-32-19-13-20-33-60)61-34-21-14-22-35-61)50-113-112-49-67(92-76(103)64(87)46-54-27-15-11-16-28-54)69(100)48-58(45-55-38-42-62(99)43-39-55)75(102)91-66(78(105)90-65)47-57-41-40-56-29-23-24-36-63(56)57/h11-24,27-36,38-39,41-43,51-53,58,64-68,70-73,98-99H,25-26,37,40,44-50,87H2,1-10H3,(H2,88,101)(H,89,107)(H,90,105)(H,91,102)(H,92,103)(H,93,109)(H,94,108)(H,95,104)(H,96,110)(H,97,106)/t53-,58-,64-,65+,66-,67+,68+,70+,71+,72+,73-/m1/s1. The number of nitrogens with one attached hydrogen (secondary N) is 9. The third-order valence-corrected chi connectivity index (χ3v) is 24.0. The van der Waals surface area contributed by atoms with Gasteiger partial charge in [0.1, 0.15) is 53.6 Å². The van der Waals surface area contributed by atoms with Crippen LogP contribution in [0, 0.1) is 17.8 Å². The lowest BCUT2D eigenvalue weighted by molar-refractivity contribution is -0.137. The van der Waals surface area contributed by atoms with Crippen LogP contribution in [0.5, 0.6) is 5.75 Å². The second kappa shape index (κ2) is 41.9. The molecule has 8 rings (SSSR count). The van der Waals surface area contributed by atoms with Gasteiger partial charge < -0.3 is 74.3 Å². The third-order valence-electron chi connectivity index (χ3n) is 19.8. The Balaban J connectivity index is 1.16. The van der Waals surface area contributed by atoms with Gasteiger partial charge in [-0.15, -0.1) is 11.8 Å². The zero-order valence-corrected chi connectivity index (χ0v) is 68.6. The van der Waals surface area contributed by atoms with Crippen LogP contribution in [0.1, 0.15) is 140 Å². The highest BCUT2D eigenvalue weighted by Gasteiger charge is 2.48. The molecule has 15 N–H and O–H groups in total. The Kier molecular flexibility index (Phi) is 32.9. The van der Waals surface area contributed by atoms with Crippen LogP contribution in [0.3, 0.4) is 0 Å². The first-order valence-electron chi connectivity index (χ1n) is 38.5. The van der Waals surface area contributed by atoms with Crippen LogP contribution in [-0.4, -0.2) is 164 Å². The SMILES string of the molecule is CC(C)[C@H](NC(=O)OC(C)(C)C)C(=O)N[C@H](C(=O)NCCCC[C@@H]1NC(=O)[C@@H](CC2=CCc3ccccc32)NC(=O)[C@H](Cc2ccc(O)cc2)CC(=O)[C@@H](NC(=O)[C@H](N)Cc2ccccc2)CSSC[C@@H](C(=O)N[C@H](C(N)=O)C(C)(C)SC(c2ccccc2)(c2ccccc2)c2ccccc2)NC(=O)[C@H]([C@@H](C)O)NC1=O)C(C)C. The van der Waals surface area contributed by atoms with E-state index >= 15 is 28.8 Å². The van der Waals surface area contributed by atoms with Crippen LogP contribution >= 0.6 is 33.3 Å². The number of amides is 10. The van der Waals surface area contributed by atoms with Crippen LogP contribution in [0.2, 0.25) is 0 Å². The van der Waals surface area contributed by atoms with E-state index in [0.717, 1.165) is 55.0 Å². The molecule has 0 unspecified atom stereocenters. The first-order valence-corrected chi connectivity index (χ1v) is 41.8. The number of benzene rings is 6. The minimum atomic E-state index is -1.86. The maximum atomic E-state index is 15.5. The van der Waals surface area contributed by atoms with Crippen LogP contribution in [0.25, 0.3) is 5.57 Å². The molecule has 114 heavy (non-hydrogen) atoms. The van der Waals surface area contributed by atoms with Crippen molar-refractivity contribution in [3.05, 3.63) is 215 Å². The molecule has 0 aromatic heterocycles. The summed E-state index contributed by atoms with van der Waals surface area (Å²) in [6.07, 6.45) is -0.731. The molecule has 28 heteroatoms. The average Bonchev–Trinajstić information content (AvgIpc) is 0.808. The van der Waals surface area contributed by atoms with Crippen molar-refractivity contribution in [3.63, 3.8) is 0 Å². The Labute approximate surface area is 679 Å². The Hall–Kier alpha value is -10.0. The number of allylic oxidation sites excluding steroid dienone is 1. The number of aromatic hydroxyl groups is 1. The maximum absolute atomic E-state index is 15.5. The van der Waals surface area contributed by atoms with E-state index in [1.807, 2.05) is 127 Å². The number of Topliss-reactive ketones (excluding diaryl/α,β-unsaturated/α-hetero) is 1. The highest BCUT2D eigenvalue weighted by molar-refractivity contribution is 8.76. The van der Waals surface area contributed by atoms with Crippen molar-refractivity contribution in [3.8, 4) is 5.75 Å². The number of hydrogen-bond donors (Lipinski definition) is 13. The lowest BCUT2D eigenvalue weighted by Gasteiger charge is -2.44. The molecule has 10 amide bonds. The van der Waals surface area contributed by atoms with Crippen molar-refractivity contribution in [2.24, 2.45) is 29.2 Å². The molecular weight excluding hydrogens is 1510 g/mol. The molecule has 6 aromatic rings. The van der Waals surface area contributed by atoms with Gasteiger partial charge in [-0.3, -0.25) is 47.9 Å². The van der Waals surface area contributed by atoms with Crippen molar-refractivity contribution in [2.45, 2.75) is 196 Å². The molecule has 1 saturated heterocycles. The molecule has 11 atom stereocenters. The summed E-state index contributed by atoms with van der Waals surface area (Å²) in [5.41, 5.74) is 18.3. The summed E-state index contributed by atoms with van der Waals surface area (Å²) in [6, 6.07) is 38.8. The van der Waals surface area contributed by atoms with Crippen molar-refractivity contribution in [1.82, 2.24) is 47.9 Å².